The number of nitrogen functional groups attached to an aromatic ring is 1. The average Bonchev–Trinajstić information content (AvgIpc) is 3.35. The topological polar surface area (TPSA) is 136 Å². The summed E-state index contributed by atoms with van der Waals surface area (Å²) in [6.07, 6.45) is 5.23. The highest BCUT2D eigenvalue weighted by Crippen LogP contribution is 2.34. The molecule has 0 spiro atoms. The standard InChI is InChI=1S/C22H25N3O3.C6H5N3/c1-14-3-4-17-11-16(6-8-21(17)25(14)15(2)26)18-5-7-20(23-12-18)22(28)24-10-9-19(27)13-24;7-3-5-1-2-6(8)9-4-5/h5-8,11-12,14,19,27H,3-4,9-10,13H2,1-2H3;1-2,4H,(H2,8,9)/t14-,19?;/m0./s1. The number of fused-ring (bicyclic) bond motifs is 1. The maximum Gasteiger partial charge on any atom is 0.272 e. The summed E-state index contributed by atoms with van der Waals surface area (Å²) in [5.41, 5.74) is 10.3. The predicted molar refractivity (Wildman–Crippen MR) is 141 cm³/mol. The van der Waals surface area contributed by atoms with Crippen LogP contribution in [0.15, 0.2) is 54.9 Å². The molecular weight excluding hydrogens is 468 g/mol. The Hall–Kier alpha value is -4.29. The number of hydrogen-bond donors (Lipinski definition) is 2. The number of benzene rings is 1. The molecule has 0 aliphatic carbocycles. The third kappa shape index (κ3) is 5.93. The number of rotatable bonds is 2. The van der Waals surface area contributed by atoms with Gasteiger partial charge in [-0.15, -0.1) is 0 Å². The van der Waals surface area contributed by atoms with Crippen LogP contribution in [0.25, 0.3) is 11.1 Å². The van der Waals surface area contributed by atoms with Crippen LogP contribution in [0.5, 0.6) is 0 Å². The lowest BCUT2D eigenvalue weighted by Gasteiger charge is -2.34. The van der Waals surface area contributed by atoms with E-state index in [1.54, 1.807) is 36.2 Å². The number of amides is 2. The second-order valence-electron chi connectivity index (χ2n) is 9.33. The number of nitriles is 1. The molecule has 9 nitrogen and oxygen atoms in total. The molecule has 2 amide bonds. The van der Waals surface area contributed by atoms with Crippen LogP contribution in [-0.2, 0) is 11.2 Å². The van der Waals surface area contributed by atoms with Crippen LogP contribution in [0.4, 0.5) is 11.5 Å². The number of aliphatic hydroxyl groups excluding tert-OH is 1. The SMILES string of the molecule is CC(=O)N1c2ccc(-c3ccc(C(=O)N4CCC(O)C4)nc3)cc2CC[C@@H]1C.N#Cc1ccc(N)nc1. The van der Waals surface area contributed by atoms with E-state index in [0.29, 0.717) is 36.6 Å². The lowest BCUT2D eigenvalue weighted by molar-refractivity contribution is -0.117. The molecule has 190 valence electrons. The summed E-state index contributed by atoms with van der Waals surface area (Å²) in [5, 5.41) is 17.9. The molecule has 5 rings (SSSR count). The summed E-state index contributed by atoms with van der Waals surface area (Å²) >= 11 is 0. The first kappa shape index (κ1) is 25.8. The minimum atomic E-state index is -0.434. The zero-order chi connectivity index (χ0) is 26.5. The van der Waals surface area contributed by atoms with Gasteiger partial charge in [-0.2, -0.15) is 5.26 Å². The molecule has 37 heavy (non-hydrogen) atoms. The molecule has 0 radical (unpaired) electrons. The van der Waals surface area contributed by atoms with E-state index >= 15 is 0 Å². The number of pyridine rings is 2. The molecule has 3 aromatic rings. The van der Waals surface area contributed by atoms with Crippen molar-refractivity contribution in [2.75, 3.05) is 23.7 Å². The van der Waals surface area contributed by atoms with Gasteiger partial charge in [-0.3, -0.25) is 14.6 Å². The van der Waals surface area contributed by atoms with E-state index in [1.165, 1.54) is 6.20 Å². The molecule has 4 heterocycles. The van der Waals surface area contributed by atoms with Crippen molar-refractivity contribution in [3.63, 3.8) is 0 Å². The molecule has 2 atom stereocenters. The van der Waals surface area contributed by atoms with Crippen LogP contribution in [0, 0.1) is 11.3 Å². The first-order chi connectivity index (χ1) is 17.8. The van der Waals surface area contributed by atoms with Gasteiger partial charge in [0.1, 0.15) is 17.6 Å². The molecule has 1 fully saturated rings. The zero-order valence-corrected chi connectivity index (χ0v) is 21.0. The lowest BCUT2D eigenvalue weighted by atomic mass is 9.93. The fourth-order valence-electron chi connectivity index (χ4n) is 4.66. The number of anilines is 2. The maximum atomic E-state index is 12.5. The van der Waals surface area contributed by atoms with E-state index in [1.807, 2.05) is 29.2 Å². The number of hydrogen-bond acceptors (Lipinski definition) is 7. The smallest absolute Gasteiger partial charge is 0.272 e. The van der Waals surface area contributed by atoms with Gasteiger partial charge in [0.15, 0.2) is 0 Å². The van der Waals surface area contributed by atoms with E-state index in [0.717, 1.165) is 35.2 Å². The normalized spacial score (nSPS) is 18.3. The van der Waals surface area contributed by atoms with Gasteiger partial charge < -0.3 is 20.6 Å². The van der Waals surface area contributed by atoms with Crippen molar-refractivity contribution in [2.24, 2.45) is 0 Å². The quantitative estimate of drug-likeness (QED) is 0.554. The summed E-state index contributed by atoms with van der Waals surface area (Å²) in [4.78, 5) is 36.1. The number of aryl methyl sites for hydroxylation is 1. The van der Waals surface area contributed by atoms with Gasteiger partial charge in [0.2, 0.25) is 5.91 Å². The van der Waals surface area contributed by atoms with E-state index < -0.39 is 6.10 Å². The van der Waals surface area contributed by atoms with Gasteiger partial charge >= 0.3 is 0 Å². The third-order valence-corrected chi connectivity index (χ3v) is 6.63. The number of likely N-dealkylation sites (tertiary alicyclic amines) is 1. The molecule has 0 saturated carbocycles. The summed E-state index contributed by atoms with van der Waals surface area (Å²) in [5.74, 6) is 0.367. The Labute approximate surface area is 216 Å². The monoisotopic (exact) mass is 498 g/mol. The Morgan fingerprint density at radius 1 is 1.08 bits per heavy atom. The lowest BCUT2D eigenvalue weighted by Crippen LogP contribution is -2.40. The van der Waals surface area contributed by atoms with Crippen molar-refractivity contribution in [2.45, 2.75) is 45.3 Å². The molecule has 1 saturated heterocycles. The average molecular weight is 499 g/mol. The molecular formula is C28H30N6O3. The van der Waals surface area contributed by atoms with E-state index in [4.69, 9.17) is 11.0 Å². The van der Waals surface area contributed by atoms with E-state index in [2.05, 4.69) is 23.0 Å². The second-order valence-corrected chi connectivity index (χ2v) is 9.33. The minimum absolute atomic E-state index is 0.0674. The summed E-state index contributed by atoms with van der Waals surface area (Å²) < 4.78 is 0. The number of aromatic nitrogens is 2. The molecule has 2 aliphatic rings. The number of β-amino-alcohol motifs (C(OH)–C–C–N with tert-alkyl or cyclic N) is 1. The summed E-state index contributed by atoms with van der Waals surface area (Å²) in [6, 6.07) is 15.1. The second kappa shape index (κ2) is 11.2. The predicted octanol–water partition coefficient (Wildman–Crippen LogP) is 3.18. The highest BCUT2D eigenvalue weighted by Gasteiger charge is 2.27. The first-order valence-electron chi connectivity index (χ1n) is 12.2. The van der Waals surface area contributed by atoms with Gasteiger partial charge in [-0.1, -0.05) is 12.1 Å². The van der Waals surface area contributed by atoms with Crippen LogP contribution >= 0.6 is 0 Å². The number of carbonyl (C=O) groups excluding carboxylic acids is 2. The van der Waals surface area contributed by atoms with Gasteiger partial charge in [0.25, 0.3) is 5.91 Å². The Morgan fingerprint density at radius 3 is 2.46 bits per heavy atom. The highest BCUT2D eigenvalue weighted by molar-refractivity contribution is 5.94. The van der Waals surface area contributed by atoms with Crippen LogP contribution in [-0.4, -0.2) is 57.0 Å². The van der Waals surface area contributed by atoms with Crippen LogP contribution in [0.2, 0.25) is 0 Å². The third-order valence-electron chi connectivity index (χ3n) is 6.63. The first-order valence-corrected chi connectivity index (χ1v) is 12.2. The Bertz CT molecular complexity index is 1320. The van der Waals surface area contributed by atoms with Gasteiger partial charge in [0, 0.05) is 49.7 Å². The van der Waals surface area contributed by atoms with Gasteiger partial charge in [0.05, 0.1) is 11.7 Å². The van der Waals surface area contributed by atoms with Crippen LogP contribution in [0.3, 0.4) is 0 Å². The molecule has 1 unspecified atom stereocenters. The van der Waals surface area contributed by atoms with Crippen molar-refractivity contribution in [3.05, 3.63) is 71.7 Å². The van der Waals surface area contributed by atoms with E-state index in [9.17, 15) is 14.7 Å². The van der Waals surface area contributed by atoms with Crippen LogP contribution < -0.4 is 10.6 Å². The van der Waals surface area contributed by atoms with Crippen molar-refractivity contribution in [3.8, 4) is 17.2 Å². The minimum Gasteiger partial charge on any atom is -0.391 e. The van der Waals surface area contributed by atoms with Gasteiger partial charge in [-0.05, 0) is 67.6 Å². The number of carbonyl (C=O) groups is 2. The largest absolute Gasteiger partial charge is 0.391 e. The molecule has 0 bridgehead atoms. The molecule has 3 N–H and O–H groups in total. The van der Waals surface area contributed by atoms with Crippen molar-refractivity contribution in [1.29, 1.82) is 5.26 Å². The summed E-state index contributed by atoms with van der Waals surface area (Å²) in [7, 11) is 0. The number of nitrogens with two attached hydrogens (primary N) is 1. The number of nitrogens with zero attached hydrogens (tertiary/aromatic N) is 5. The van der Waals surface area contributed by atoms with Crippen LogP contribution in [0.1, 0.15) is 48.3 Å². The van der Waals surface area contributed by atoms with Crippen molar-refractivity contribution >= 4 is 23.3 Å². The number of aliphatic hydroxyl groups is 1. The zero-order valence-electron chi connectivity index (χ0n) is 21.0. The Balaban J connectivity index is 0.000000301. The van der Waals surface area contributed by atoms with Crippen molar-refractivity contribution < 1.29 is 14.7 Å². The summed E-state index contributed by atoms with van der Waals surface area (Å²) in [6.45, 7) is 4.63. The highest BCUT2D eigenvalue weighted by atomic mass is 16.3. The fourth-order valence-corrected chi connectivity index (χ4v) is 4.66. The van der Waals surface area contributed by atoms with Gasteiger partial charge in [-0.25, -0.2) is 4.98 Å². The van der Waals surface area contributed by atoms with Crippen molar-refractivity contribution in [1.82, 2.24) is 14.9 Å². The Morgan fingerprint density at radius 2 is 1.86 bits per heavy atom. The van der Waals surface area contributed by atoms with E-state index in [-0.39, 0.29) is 17.9 Å². The molecule has 9 heteroatoms. The molecule has 1 aromatic carbocycles. The Kier molecular flexibility index (Phi) is 7.80. The fraction of sp³-hybridized carbons (Fsp3) is 0.321. The molecule has 2 aromatic heterocycles. The molecule has 2 aliphatic heterocycles. The maximum absolute atomic E-state index is 12.5.